The smallest absolute Gasteiger partial charge is 0.270 e. The molecule has 3 rings (SSSR count). The maximum atomic E-state index is 12.4. The first-order chi connectivity index (χ1) is 12.7. The van der Waals surface area contributed by atoms with Gasteiger partial charge >= 0.3 is 0 Å². The van der Waals surface area contributed by atoms with Gasteiger partial charge in [0.1, 0.15) is 0 Å². The fourth-order valence-electron chi connectivity index (χ4n) is 2.31. The summed E-state index contributed by atoms with van der Waals surface area (Å²) in [6.07, 6.45) is 0. The van der Waals surface area contributed by atoms with Crippen molar-refractivity contribution in [2.24, 2.45) is 0 Å². The first kappa shape index (κ1) is 17.0. The number of anilines is 2. The molecule has 0 aromatic heterocycles. The van der Waals surface area contributed by atoms with Crippen LogP contribution in [0.15, 0.2) is 84.9 Å². The van der Waals surface area contributed by atoms with Crippen LogP contribution in [-0.2, 0) is 0 Å². The maximum Gasteiger partial charge on any atom is 0.270 e. The standard InChI is InChI=1S/C20H18N4O2/c25-19(23-21-15-9-3-1-4-10-15)17-13-7-8-14-18(17)20(26)24-22-16-11-5-2-6-12-16/h1-14,21-22H,(H,23,25)(H,24,26). The molecule has 0 aliphatic carbocycles. The molecule has 6 heteroatoms. The van der Waals surface area contributed by atoms with E-state index in [0.29, 0.717) is 0 Å². The van der Waals surface area contributed by atoms with Crippen LogP contribution in [0.4, 0.5) is 11.4 Å². The van der Waals surface area contributed by atoms with Gasteiger partial charge in [-0.2, -0.15) is 0 Å². The van der Waals surface area contributed by atoms with Crippen LogP contribution < -0.4 is 21.7 Å². The van der Waals surface area contributed by atoms with Gasteiger partial charge in [-0.1, -0.05) is 48.5 Å². The van der Waals surface area contributed by atoms with Gasteiger partial charge in [0.2, 0.25) is 0 Å². The van der Waals surface area contributed by atoms with Crippen molar-refractivity contribution in [3.05, 3.63) is 96.1 Å². The highest BCUT2D eigenvalue weighted by Crippen LogP contribution is 2.10. The van der Waals surface area contributed by atoms with E-state index in [2.05, 4.69) is 21.7 Å². The zero-order chi connectivity index (χ0) is 18.2. The predicted octanol–water partition coefficient (Wildman–Crippen LogP) is 3.20. The largest absolute Gasteiger partial charge is 0.298 e. The molecule has 6 nitrogen and oxygen atoms in total. The molecule has 0 spiro atoms. The Morgan fingerprint density at radius 3 is 1.23 bits per heavy atom. The number of hydrogen-bond donors (Lipinski definition) is 4. The van der Waals surface area contributed by atoms with Crippen LogP contribution in [0, 0.1) is 0 Å². The molecule has 4 N–H and O–H groups in total. The predicted molar refractivity (Wildman–Crippen MR) is 102 cm³/mol. The summed E-state index contributed by atoms with van der Waals surface area (Å²) in [5, 5.41) is 0. The van der Waals surface area contributed by atoms with E-state index in [0.717, 1.165) is 11.4 Å². The number of carbonyl (C=O) groups excluding carboxylic acids is 2. The number of amides is 2. The van der Waals surface area contributed by atoms with Crippen molar-refractivity contribution in [3.63, 3.8) is 0 Å². The molecule has 130 valence electrons. The van der Waals surface area contributed by atoms with E-state index in [1.807, 2.05) is 60.7 Å². The molecule has 0 aliphatic rings. The lowest BCUT2D eigenvalue weighted by Gasteiger charge is -2.13. The molecular weight excluding hydrogens is 328 g/mol. The summed E-state index contributed by atoms with van der Waals surface area (Å²) in [4.78, 5) is 24.9. The summed E-state index contributed by atoms with van der Waals surface area (Å²) in [6, 6.07) is 25.1. The minimum atomic E-state index is -0.403. The second-order valence-electron chi connectivity index (χ2n) is 5.44. The molecule has 2 amide bonds. The molecule has 0 aliphatic heterocycles. The van der Waals surface area contributed by atoms with Crippen molar-refractivity contribution in [2.45, 2.75) is 0 Å². The van der Waals surface area contributed by atoms with Gasteiger partial charge in [0.05, 0.1) is 22.5 Å². The Morgan fingerprint density at radius 2 is 0.846 bits per heavy atom. The summed E-state index contributed by atoms with van der Waals surface area (Å²) in [7, 11) is 0. The zero-order valence-corrected chi connectivity index (χ0v) is 13.9. The van der Waals surface area contributed by atoms with Crippen molar-refractivity contribution in [3.8, 4) is 0 Å². The number of benzene rings is 3. The summed E-state index contributed by atoms with van der Waals surface area (Å²) < 4.78 is 0. The Bertz CT molecular complexity index is 808. The van der Waals surface area contributed by atoms with Crippen molar-refractivity contribution in [1.29, 1.82) is 0 Å². The zero-order valence-electron chi connectivity index (χ0n) is 13.9. The summed E-state index contributed by atoms with van der Waals surface area (Å²) in [5.74, 6) is -0.807. The second-order valence-corrected chi connectivity index (χ2v) is 5.44. The van der Waals surface area contributed by atoms with Crippen LogP contribution >= 0.6 is 0 Å². The minimum absolute atomic E-state index is 0.267. The highest BCUT2D eigenvalue weighted by Gasteiger charge is 2.16. The highest BCUT2D eigenvalue weighted by molar-refractivity contribution is 6.07. The molecule has 0 heterocycles. The van der Waals surface area contributed by atoms with E-state index in [9.17, 15) is 9.59 Å². The molecular formula is C20H18N4O2. The van der Waals surface area contributed by atoms with E-state index in [1.54, 1.807) is 24.3 Å². The molecule has 0 bridgehead atoms. The Balaban J connectivity index is 1.66. The lowest BCUT2D eigenvalue weighted by molar-refractivity contribution is 0.0928. The normalized spacial score (nSPS) is 9.85. The van der Waals surface area contributed by atoms with Gasteiger partial charge in [-0.25, -0.2) is 0 Å². The Labute approximate surface area is 151 Å². The molecule has 0 unspecified atom stereocenters. The molecule has 26 heavy (non-hydrogen) atoms. The van der Waals surface area contributed by atoms with Crippen molar-refractivity contribution in [2.75, 3.05) is 10.9 Å². The van der Waals surface area contributed by atoms with Crippen molar-refractivity contribution < 1.29 is 9.59 Å². The third kappa shape index (κ3) is 4.39. The van der Waals surface area contributed by atoms with Crippen molar-refractivity contribution >= 4 is 23.2 Å². The SMILES string of the molecule is O=C(NNc1ccccc1)c1ccccc1C(=O)NNc1ccccc1. The van der Waals surface area contributed by atoms with Gasteiger partial charge in [0, 0.05) is 0 Å². The van der Waals surface area contributed by atoms with E-state index in [4.69, 9.17) is 0 Å². The third-order valence-electron chi connectivity index (χ3n) is 3.60. The number of nitrogens with one attached hydrogen (secondary N) is 4. The average molecular weight is 346 g/mol. The minimum Gasteiger partial charge on any atom is -0.298 e. The fourth-order valence-corrected chi connectivity index (χ4v) is 2.31. The quantitative estimate of drug-likeness (QED) is 0.517. The van der Waals surface area contributed by atoms with E-state index < -0.39 is 11.8 Å². The highest BCUT2D eigenvalue weighted by atomic mass is 16.2. The van der Waals surface area contributed by atoms with Gasteiger partial charge in [-0.05, 0) is 36.4 Å². The molecule has 3 aromatic carbocycles. The average Bonchev–Trinajstić information content (AvgIpc) is 2.72. The lowest BCUT2D eigenvalue weighted by atomic mass is 10.1. The molecule has 0 atom stereocenters. The van der Waals surface area contributed by atoms with E-state index >= 15 is 0 Å². The van der Waals surface area contributed by atoms with E-state index in [-0.39, 0.29) is 11.1 Å². The van der Waals surface area contributed by atoms with Gasteiger partial charge < -0.3 is 0 Å². The Kier molecular flexibility index (Phi) is 5.47. The van der Waals surface area contributed by atoms with Crippen LogP contribution in [0.5, 0.6) is 0 Å². The van der Waals surface area contributed by atoms with Crippen LogP contribution in [0.1, 0.15) is 20.7 Å². The molecule has 0 fully saturated rings. The third-order valence-corrected chi connectivity index (χ3v) is 3.60. The Hall–Kier alpha value is -3.80. The van der Waals surface area contributed by atoms with Crippen LogP contribution in [0.25, 0.3) is 0 Å². The number of rotatable bonds is 6. The number of para-hydroxylation sites is 2. The monoisotopic (exact) mass is 346 g/mol. The second kappa shape index (κ2) is 8.34. The first-order valence-corrected chi connectivity index (χ1v) is 8.06. The van der Waals surface area contributed by atoms with Crippen molar-refractivity contribution in [1.82, 2.24) is 10.9 Å². The number of carbonyl (C=O) groups is 2. The number of hydrazine groups is 2. The van der Waals surface area contributed by atoms with Gasteiger partial charge in [-0.3, -0.25) is 31.3 Å². The summed E-state index contributed by atoms with van der Waals surface area (Å²) in [6.45, 7) is 0. The first-order valence-electron chi connectivity index (χ1n) is 8.06. The van der Waals surface area contributed by atoms with Gasteiger partial charge in [0.15, 0.2) is 0 Å². The summed E-state index contributed by atoms with van der Waals surface area (Å²) in [5.41, 5.74) is 12.9. The molecule has 3 aromatic rings. The topological polar surface area (TPSA) is 82.3 Å². The van der Waals surface area contributed by atoms with Crippen LogP contribution in [0.2, 0.25) is 0 Å². The van der Waals surface area contributed by atoms with Crippen LogP contribution in [0.3, 0.4) is 0 Å². The Morgan fingerprint density at radius 1 is 0.500 bits per heavy atom. The molecule has 0 saturated heterocycles. The van der Waals surface area contributed by atoms with E-state index in [1.165, 1.54) is 0 Å². The molecule has 0 saturated carbocycles. The number of hydrogen-bond acceptors (Lipinski definition) is 4. The van der Waals surface area contributed by atoms with Gasteiger partial charge in [0.25, 0.3) is 11.8 Å². The lowest BCUT2D eigenvalue weighted by Crippen LogP contribution is -2.34. The molecule has 0 radical (unpaired) electrons. The maximum absolute atomic E-state index is 12.4. The summed E-state index contributed by atoms with van der Waals surface area (Å²) >= 11 is 0. The van der Waals surface area contributed by atoms with Crippen LogP contribution in [-0.4, -0.2) is 11.8 Å². The fraction of sp³-hybridized carbons (Fsp3) is 0. The van der Waals surface area contributed by atoms with Gasteiger partial charge in [-0.15, -0.1) is 0 Å².